The zero-order chi connectivity index (χ0) is 17.9. The summed E-state index contributed by atoms with van der Waals surface area (Å²) in [5.74, 6) is -0.573. The summed E-state index contributed by atoms with van der Waals surface area (Å²) in [4.78, 5) is 32.5. The van der Waals surface area contributed by atoms with Crippen LogP contribution in [0.3, 0.4) is 0 Å². The van der Waals surface area contributed by atoms with E-state index in [2.05, 4.69) is 6.58 Å². The average Bonchev–Trinajstić information content (AvgIpc) is 2.59. The summed E-state index contributed by atoms with van der Waals surface area (Å²) in [7, 11) is 0. The topological polar surface area (TPSA) is 124 Å². The van der Waals surface area contributed by atoms with Crippen LogP contribution in [0.15, 0.2) is 60.7 Å². The summed E-state index contributed by atoms with van der Waals surface area (Å²) in [5, 5.41) is 32.1. The van der Waals surface area contributed by atoms with Crippen molar-refractivity contribution in [2.75, 3.05) is 0 Å². The number of rotatable bonds is 6. The van der Waals surface area contributed by atoms with Crippen LogP contribution < -0.4 is 0 Å². The molecule has 0 aliphatic carbocycles. The maximum Gasteiger partial charge on any atom is 0.282 e. The molecule has 0 bridgehead atoms. The fourth-order valence-electron chi connectivity index (χ4n) is 2.12. The molecule has 0 aliphatic rings. The van der Waals surface area contributed by atoms with Gasteiger partial charge in [0, 0.05) is 17.2 Å². The molecule has 1 unspecified atom stereocenters. The number of hydrogen-bond acceptors (Lipinski definition) is 6. The predicted molar refractivity (Wildman–Crippen MR) is 84.6 cm³/mol. The minimum Gasteiger partial charge on any atom is -0.383 e. The number of non-ortho nitro benzene ring substituents is 1. The summed E-state index contributed by atoms with van der Waals surface area (Å²) in [6.07, 6.45) is -1.65. The Hall–Kier alpha value is -3.39. The molecule has 122 valence electrons. The molecule has 8 nitrogen and oxygen atoms in total. The van der Waals surface area contributed by atoms with E-state index in [1.54, 1.807) is 18.2 Å². The monoisotopic (exact) mass is 328 g/mol. The van der Waals surface area contributed by atoms with E-state index in [-0.39, 0.29) is 16.7 Å². The number of aliphatic hydroxyl groups excluding tert-OH is 1. The third-order valence-electron chi connectivity index (χ3n) is 3.37. The second-order valence-corrected chi connectivity index (χ2v) is 4.88. The first-order valence-electron chi connectivity index (χ1n) is 6.72. The van der Waals surface area contributed by atoms with Gasteiger partial charge >= 0.3 is 0 Å². The van der Waals surface area contributed by atoms with Gasteiger partial charge in [0.05, 0.1) is 21.5 Å². The van der Waals surface area contributed by atoms with E-state index in [4.69, 9.17) is 0 Å². The molecule has 8 heteroatoms. The van der Waals surface area contributed by atoms with Crippen molar-refractivity contribution in [3.05, 3.63) is 92.0 Å². The average molecular weight is 328 g/mol. The van der Waals surface area contributed by atoms with Crippen LogP contribution in [0.4, 0.5) is 11.4 Å². The Morgan fingerprint density at radius 3 is 2.21 bits per heavy atom. The van der Waals surface area contributed by atoms with E-state index in [9.17, 15) is 30.1 Å². The minimum absolute atomic E-state index is 0.236. The highest BCUT2D eigenvalue weighted by Crippen LogP contribution is 2.33. The predicted octanol–water partition coefficient (Wildman–Crippen LogP) is 2.98. The molecule has 0 aliphatic heterocycles. The maximum absolute atomic E-state index is 12.3. The molecule has 1 atom stereocenters. The lowest BCUT2D eigenvalue weighted by molar-refractivity contribution is -0.394. The first-order chi connectivity index (χ1) is 11.3. The van der Waals surface area contributed by atoms with Crippen LogP contribution in [0.25, 0.3) is 0 Å². The molecule has 0 aromatic heterocycles. The van der Waals surface area contributed by atoms with Crippen LogP contribution in [-0.2, 0) is 0 Å². The zero-order valence-corrected chi connectivity index (χ0v) is 12.3. The van der Waals surface area contributed by atoms with Gasteiger partial charge in [0.1, 0.15) is 6.10 Å². The summed E-state index contributed by atoms with van der Waals surface area (Å²) in [6, 6.07) is 10.8. The van der Waals surface area contributed by atoms with Crippen LogP contribution in [-0.4, -0.2) is 20.7 Å². The molecule has 0 saturated heterocycles. The van der Waals surface area contributed by atoms with Gasteiger partial charge in [0.15, 0.2) is 5.78 Å². The number of nitrogens with zero attached hydrogens (tertiary/aromatic N) is 2. The molecule has 0 amide bonds. The van der Waals surface area contributed by atoms with Crippen molar-refractivity contribution >= 4 is 17.2 Å². The lowest BCUT2D eigenvalue weighted by Crippen LogP contribution is -2.12. The van der Waals surface area contributed by atoms with Crippen LogP contribution in [0.1, 0.15) is 22.0 Å². The van der Waals surface area contributed by atoms with E-state index < -0.39 is 33.1 Å². The molecule has 0 saturated carbocycles. The second-order valence-electron chi connectivity index (χ2n) is 4.88. The van der Waals surface area contributed by atoms with E-state index in [1.807, 2.05) is 0 Å². The smallest absolute Gasteiger partial charge is 0.282 e. The van der Waals surface area contributed by atoms with Gasteiger partial charge in [0.25, 0.3) is 11.4 Å². The number of benzene rings is 2. The van der Waals surface area contributed by atoms with Gasteiger partial charge in [-0.15, -0.1) is 0 Å². The first kappa shape index (κ1) is 17.0. The Bertz CT molecular complexity index is 832. The van der Waals surface area contributed by atoms with Crippen molar-refractivity contribution in [1.29, 1.82) is 0 Å². The van der Waals surface area contributed by atoms with Gasteiger partial charge < -0.3 is 5.11 Å². The van der Waals surface area contributed by atoms with Crippen molar-refractivity contribution in [2.24, 2.45) is 0 Å². The number of Topliss-reactive ketones (excluding diaryl/α,β-unsaturated/α-hetero) is 1. The molecule has 2 rings (SSSR count). The van der Waals surface area contributed by atoms with Gasteiger partial charge in [-0.05, 0) is 6.07 Å². The number of nitro groups is 2. The first-order valence-corrected chi connectivity index (χ1v) is 6.72. The molecule has 2 aromatic carbocycles. The highest BCUT2D eigenvalue weighted by Gasteiger charge is 2.28. The van der Waals surface area contributed by atoms with E-state index in [1.165, 1.54) is 12.1 Å². The highest BCUT2D eigenvalue weighted by atomic mass is 16.6. The number of carbonyl (C=O) groups is 1. The molecule has 0 spiro atoms. The van der Waals surface area contributed by atoms with Crippen LogP contribution >= 0.6 is 0 Å². The third-order valence-corrected chi connectivity index (χ3v) is 3.37. The number of hydrogen-bond donors (Lipinski definition) is 1. The van der Waals surface area contributed by atoms with Gasteiger partial charge in [-0.3, -0.25) is 25.0 Å². The summed E-state index contributed by atoms with van der Waals surface area (Å²) < 4.78 is 0. The van der Waals surface area contributed by atoms with Gasteiger partial charge in [-0.1, -0.05) is 36.9 Å². The molecule has 1 N–H and O–H groups in total. The Morgan fingerprint density at radius 1 is 1.04 bits per heavy atom. The van der Waals surface area contributed by atoms with Gasteiger partial charge in [-0.25, -0.2) is 0 Å². The molecular weight excluding hydrogens is 316 g/mol. The van der Waals surface area contributed by atoms with Crippen molar-refractivity contribution in [3.63, 3.8) is 0 Å². The quantitative estimate of drug-likeness (QED) is 0.376. The van der Waals surface area contributed by atoms with Crippen molar-refractivity contribution in [3.8, 4) is 0 Å². The van der Waals surface area contributed by atoms with Crippen LogP contribution in [0.5, 0.6) is 0 Å². The number of aliphatic hydroxyl groups is 1. The minimum atomic E-state index is -1.65. The van der Waals surface area contributed by atoms with Crippen molar-refractivity contribution < 1.29 is 19.7 Å². The normalized spacial score (nSPS) is 11.5. The molecular formula is C16H12N2O6. The Morgan fingerprint density at radius 2 is 1.67 bits per heavy atom. The van der Waals surface area contributed by atoms with Crippen molar-refractivity contribution in [2.45, 2.75) is 6.10 Å². The van der Waals surface area contributed by atoms with Gasteiger partial charge in [0.2, 0.25) is 0 Å². The van der Waals surface area contributed by atoms with E-state index >= 15 is 0 Å². The number of ketones is 1. The standard InChI is InChI=1S/C16H12N2O6/c1-10(15(19)11-5-3-2-4-6-11)16(20)13-8-7-12(17(21)22)9-14(13)18(23)24/h2-9,16,20H,1H2. The Kier molecular flexibility index (Phi) is 4.81. The van der Waals surface area contributed by atoms with Crippen molar-refractivity contribution in [1.82, 2.24) is 0 Å². The highest BCUT2D eigenvalue weighted by molar-refractivity contribution is 6.09. The number of nitro benzene ring substituents is 2. The Labute approximate surface area is 136 Å². The Balaban J connectivity index is 2.40. The molecule has 0 radical (unpaired) electrons. The van der Waals surface area contributed by atoms with Gasteiger partial charge in [-0.2, -0.15) is 0 Å². The summed E-state index contributed by atoms with van der Waals surface area (Å²) >= 11 is 0. The second kappa shape index (κ2) is 6.80. The lowest BCUT2D eigenvalue weighted by Gasteiger charge is -2.13. The fraction of sp³-hybridized carbons (Fsp3) is 0.0625. The summed E-state index contributed by atoms with van der Waals surface area (Å²) in [5.41, 5.74) is -1.37. The summed E-state index contributed by atoms with van der Waals surface area (Å²) in [6.45, 7) is 3.51. The van der Waals surface area contributed by atoms with E-state index in [0.29, 0.717) is 0 Å². The largest absolute Gasteiger partial charge is 0.383 e. The zero-order valence-electron chi connectivity index (χ0n) is 12.3. The SMILES string of the molecule is C=C(C(=O)c1ccccc1)C(O)c1ccc([N+](=O)[O-])cc1[N+](=O)[O-]. The van der Waals surface area contributed by atoms with Crippen LogP contribution in [0.2, 0.25) is 0 Å². The maximum atomic E-state index is 12.3. The fourth-order valence-corrected chi connectivity index (χ4v) is 2.12. The van der Waals surface area contributed by atoms with E-state index in [0.717, 1.165) is 18.2 Å². The molecule has 0 fully saturated rings. The molecule has 2 aromatic rings. The lowest BCUT2D eigenvalue weighted by atomic mass is 9.94. The van der Waals surface area contributed by atoms with Crippen LogP contribution in [0, 0.1) is 20.2 Å². The number of carbonyl (C=O) groups excluding carboxylic acids is 1. The third kappa shape index (κ3) is 3.33. The molecule has 0 heterocycles. The molecule has 24 heavy (non-hydrogen) atoms.